The highest BCUT2D eigenvalue weighted by atomic mass is 16.7. The van der Waals surface area contributed by atoms with Gasteiger partial charge < -0.3 is 19.7 Å². The van der Waals surface area contributed by atoms with Crippen molar-refractivity contribution in [1.29, 1.82) is 5.26 Å². The number of hydrogen-bond donors (Lipinski definition) is 1. The Morgan fingerprint density at radius 3 is 2.27 bits per heavy atom. The third-order valence-electron chi connectivity index (χ3n) is 6.17. The zero-order chi connectivity index (χ0) is 21.0. The highest BCUT2D eigenvalue weighted by molar-refractivity contribution is 5.50. The molecule has 0 aromatic heterocycles. The summed E-state index contributed by atoms with van der Waals surface area (Å²) in [4.78, 5) is 2.34. The average Bonchev–Trinajstić information content (AvgIpc) is 2.76. The quantitative estimate of drug-likeness (QED) is 0.753. The van der Waals surface area contributed by atoms with Gasteiger partial charge in [-0.05, 0) is 41.3 Å². The third-order valence-corrected chi connectivity index (χ3v) is 6.17. The lowest BCUT2D eigenvalue weighted by atomic mass is 9.83. The van der Waals surface area contributed by atoms with E-state index in [1.165, 1.54) is 11.1 Å². The molecule has 0 amide bonds. The normalized spacial score (nSPS) is 18.2. The predicted molar refractivity (Wildman–Crippen MR) is 118 cm³/mol. The molecule has 2 aromatic rings. The number of nitriles is 1. The smallest absolute Gasteiger partial charge is 0.159 e. The molecule has 2 fully saturated rings. The van der Waals surface area contributed by atoms with Gasteiger partial charge in [0.05, 0.1) is 24.8 Å². The van der Waals surface area contributed by atoms with E-state index in [1.807, 2.05) is 24.3 Å². The van der Waals surface area contributed by atoms with Gasteiger partial charge in [-0.3, -0.25) is 0 Å². The van der Waals surface area contributed by atoms with Crippen LogP contribution in [0.2, 0.25) is 0 Å². The summed E-state index contributed by atoms with van der Waals surface area (Å²) >= 11 is 0. The molecule has 2 heterocycles. The summed E-state index contributed by atoms with van der Waals surface area (Å²) in [7, 11) is 0. The second kappa shape index (κ2) is 9.18. The molecule has 0 aliphatic carbocycles. The first-order chi connectivity index (χ1) is 14.6. The Labute approximate surface area is 179 Å². The van der Waals surface area contributed by atoms with Gasteiger partial charge in [-0.2, -0.15) is 5.26 Å². The van der Waals surface area contributed by atoms with E-state index < -0.39 is 0 Å². The van der Waals surface area contributed by atoms with Gasteiger partial charge in [0.1, 0.15) is 0 Å². The van der Waals surface area contributed by atoms with Crippen molar-refractivity contribution in [3.63, 3.8) is 0 Å². The maximum atomic E-state index is 9.11. The molecule has 158 valence electrons. The van der Waals surface area contributed by atoms with Crippen LogP contribution in [0.4, 0.5) is 5.69 Å². The minimum absolute atomic E-state index is 0.152. The zero-order valence-corrected chi connectivity index (χ0v) is 17.9. The molecule has 5 nitrogen and oxygen atoms in total. The maximum absolute atomic E-state index is 9.11. The van der Waals surface area contributed by atoms with Crippen molar-refractivity contribution in [3.05, 3.63) is 65.2 Å². The van der Waals surface area contributed by atoms with Crippen LogP contribution < -0.4 is 10.2 Å². The van der Waals surface area contributed by atoms with Crippen LogP contribution >= 0.6 is 0 Å². The first-order valence-electron chi connectivity index (χ1n) is 10.8. The molecule has 2 aromatic carbocycles. The van der Waals surface area contributed by atoms with E-state index in [4.69, 9.17) is 14.7 Å². The molecule has 5 heteroatoms. The monoisotopic (exact) mass is 405 g/mol. The zero-order valence-electron chi connectivity index (χ0n) is 17.9. The summed E-state index contributed by atoms with van der Waals surface area (Å²) in [5.41, 5.74) is 4.61. The third kappa shape index (κ3) is 4.84. The fourth-order valence-corrected chi connectivity index (χ4v) is 4.01. The van der Waals surface area contributed by atoms with Crippen LogP contribution in [-0.2, 0) is 16.0 Å². The van der Waals surface area contributed by atoms with Gasteiger partial charge in [-0.1, -0.05) is 38.1 Å². The summed E-state index contributed by atoms with van der Waals surface area (Å²) in [6.45, 7) is 9.60. The van der Waals surface area contributed by atoms with Crippen LogP contribution in [0.25, 0.3) is 0 Å². The second-order valence-electron chi connectivity index (χ2n) is 8.92. The molecule has 1 N–H and O–H groups in total. The summed E-state index contributed by atoms with van der Waals surface area (Å²) in [6, 6.07) is 18.9. The van der Waals surface area contributed by atoms with Gasteiger partial charge in [0.2, 0.25) is 0 Å². The average molecular weight is 406 g/mol. The number of hydrogen-bond acceptors (Lipinski definition) is 5. The standard InChI is InChI=1S/C25H31N3O2/c1-19(2)22-7-3-21(4-8-22)14-28(23-9-5-20(13-26)6-10-23)12-11-24-29-17-25(18-30-24)15-27-16-25/h3-10,19,24,27H,11-12,14-18H2,1-2H3. The summed E-state index contributed by atoms with van der Waals surface area (Å²) < 4.78 is 12.0. The number of benzene rings is 2. The fourth-order valence-electron chi connectivity index (χ4n) is 4.01. The highest BCUT2D eigenvalue weighted by Gasteiger charge is 2.41. The van der Waals surface area contributed by atoms with Crippen molar-refractivity contribution in [1.82, 2.24) is 5.32 Å². The lowest BCUT2D eigenvalue weighted by Gasteiger charge is -2.46. The van der Waals surface area contributed by atoms with Crippen LogP contribution in [0.5, 0.6) is 0 Å². The Hall–Kier alpha value is -2.39. The SMILES string of the molecule is CC(C)c1ccc(CN(CCC2OCC3(CNC3)CO2)c2ccc(C#N)cc2)cc1. The molecular formula is C25H31N3O2. The lowest BCUT2D eigenvalue weighted by molar-refractivity contribution is -0.239. The van der Waals surface area contributed by atoms with Gasteiger partial charge in [0.25, 0.3) is 0 Å². The predicted octanol–water partition coefficient (Wildman–Crippen LogP) is 4.04. The van der Waals surface area contributed by atoms with Gasteiger partial charge in [0, 0.05) is 43.7 Å². The highest BCUT2D eigenvalue weighted by Crippen LogP contribution is 2.30. The Balaban J connectivity index is 1.42. The summed E-state index contributed by atoms with van der Waals surface area (Å²) in [5.74, 6) is 0.531. The molecule has 0 unspecified atom stereocenters. The molecule has 0 atom stereocenters. The Bertz CT molecular complexity index is 857. The van der Waals surface area contributed by atoms with Crippen LogP contribution in [0.3, 0.4) is 0 Å². The molecule has 0 bridgehead atoms. The van der Waals surface area contributed by atoms with E-state index in [0.717, 1.165) is 51.5 Å². The lowest BCUT2D eigenvalue weighted by Crippen LogP contribution is -2.61. The van der Waals surface area contributed by atoms with E-state index >= 15 is 0 Å². The molecule has 2 aliphatic heterocycles. The number of ether oxygens (including phenoxy) is 2. The Morgan fingerprint density at radius 2 is 1.73 bits per heavy atom. The number of nitrogens with zero attached hydrogens (tertiary/aromatic N) is 2. The van der Waals surface area contributed by atoms with Crippen molar-refractivity contribution in [2.24, 2.45) is 5.41 Å². The van der Waals surface area contributed by atoms with E-state index in [0.29, 0.717) is 11.5 Å². The van der Waals surface area contributed by atoms with E-state index in [2.05, 4.69) is 54.4 Å². The molecule has 30 heavy (non-hydrogen) atoms. The van der Waals surface area contributed by atoms with Gasteiger partial charge in [-0.15, -0.1) is 0 Å². The van der Waals surface area contributed by atoms with Crippen LogP contribution in [0, 0.1) is 16.7 Å². The van der Waals surface area contributed by atoms with E-state index in [1.54, 1.807) is 0 Å². The minimum atomic E-state index is -0.152. The molecule has 2 saturated heterocycles. The van der Waals surface area contributed by atoms with Crippen molar-refractivity contribution in [2.45, 2.75) is 39.0 Å². The number of nitrogens with one attached hydrogen (secondary N) is 1. The van der Waals surface area contributed by atoms with Crippen molar-refractivity contribution in [3.8, 4) is 6.07 Å². The molecule has 4 rings (SSSR count). The first kappa shape index (κ1) is 20.9. The number of anilines is 1. The van der Waals surface area contributed by atoms with Crippen molar-refractivity contribution >= 4 is 5.69 Å². The Morgan fingerprint density at radius 1 is 1.07 bits per heavy atom. The Kier molecular flexibility index (Phi) is 6.38. The first-order valence-corrected chi connectivity index (χ1v) is 10.8. The second-order valence-corrected chi connectivity index (χ2v) is 8.92. The van der Waals surface area contributed by atoms with Gasteiger partial charge in [-0.25, -0.2) is 0 Å². The molecule has 0 radical (unpaired) electrons. The van der Waals surface area contributed by atoms with Gasteiger partial charge >= 0.3 is 0 Å². The molecular weight excluding hydrogens is 374 g/mol. The largest absolute Gasteiger partial charge is 0.367 e. The van der Waals surface area contributed by atoms with Gasteiger partial charge in [0.15, 0.2) is 6.29 Å². The topological polar surface area (TPSA) is 57.5 Å². The van der Waals surface area contributed by atoms with Crippen molar-refractivity contribution in [2.75, 3.05) is 37.7 Å². The molecule has 1 spiro atoms. The van der Waals surface area contributed by atoms with E-state index in [9.17, 15) is 0 Å². The maximum Gasteiger partial charge on any atom is 0.159 e. The van der Waals surface area contributed by atoms with Crippen molar-refractivity contribution < 1.29 is 9.47 Å². The summed E-state index contributed by atoms with van der Waals surface area (Å²) in [5, 5.41) is 12.4. The molecule has 2 aliphatic rings. The molecule has 0 saturated carbocycles. The minimum Gasteiger partial charge on any atom is -0.367 e. The van der Waals surface area contributed by atoms with Crippen LogP contribution in [-0.4, -0.2) is 39.1 Å². The number of rotatable bonds is 7. The summed E-state index contributed by atoms with van der Waals surface area (Å²) in [6.07, 6.45) is 0.661. The fraction of sp³-hybridized carbons (Fsp3) is 0.480. The van der Waals surface area contributed by atoms with Crippen LogP contribution in [0.15, 0.2) is 48.5 Å². The van der Waals surface area contributed by atoms with E-state index in [-0.39, 0.29) is 11.7 Å². The van der Waals surface area contributed by atoms with Crippen LogP contribution in [0.1, 0.15) is 42.9 Å².